The zero-order chi connectivity index (χ0) is 22.7. The maximum absolute atomic E-state index is 12.5. The maximum Gasteiger partial charge on any atom is 0.329 e. The Balaban J connectivity index is 2.00. The standard InChI is InChI=1S/C20H25ClN6O4/c1-11(2)31-10-15(28)9-27-16-17(26(4)20(30)23-18(16)29)22-19(27)25-24-12(3)13-5-7-14(21)8-6-13/h5-8,11,15,28H,9-10H2,1-4H3,(H,22,25)(H,23,29,30)/b24-12+/t15-/m1/s1. The number of rotatable bonds is 8. The number of hydrogen-bond acceptors (Lipinski definition) is 7. The molecule has 3 rings (SSSR count). The molecule has 166 valence electrons. The van der Waals surface area contributed by atoms with Crippen LogP contribution in [0.1, 0.15) is 26.3 Å². The van der Waals surface area contributed by atoms with E-state index in [1.165, 1.54) is 16.2 Å². The van der Waals surface area contributed by atoms with Crippen LogP contribution in [0.3, 0.4) is 0 Å². The molecule has 0 aliphatic carbocycles. The normalized spacial score (nSPS) is 13.2. The SMILES string of the molecule is C/C(=N\Nc1nc2c(c(=O)[nH]c(=O)n2C)n1C[C@@H](O)COC(C)C)c1ccc(Cl)cc1. The first-order valence-electron chi connectivity index (χ1n) is 9.72. The van der Waals surface area contributed by atoms with Crippen LogP contribution in [0.15, 0.2) is 39.0 Å². The number of aromatic nitrogens is 4. The topological polar surface area (TPSA) is 127 Å². The Labute approximate surface area is 183 Å². The van der Waals surface area contributed by atoms with Gasteiger partial charge in [0, 0.05) is 12.1 Å². The van der Waals surface area contributed by atoms with E-state index in [1.54, 1.807) is 19.1 Å². The number of benzene rings is 1. The highest BCUT2D eigenvalue weighted by Crippen LogP contribution is 2.17. The number of halogens is 1. The lowest BCUT2D eigenvalue weighted by Gasteiger charge is -2.16. The third-order valence-corrected chi connectivity index (χ3v) is 4.86. The number of nitrogens with one attached hydrogen (secondary N) is 2. The van der Waals surface area contributed by atoms with E-state index in [-0.39, 0.29) is 36.4 Å². The van der Waals surface area contributed by atoms with Crippen LogP contribution in [-0.2, 0) is 18.3 Å². The van der Waals surface area contributed by atoms with Crippen molar-refractivity contribution >= 4 is 34.4 Å². The lowest BCUT2D eigenvalue weighted by molar-refractivity contribution is -0.000105. The van der Waals surface area contributed by atoms with Gasteiger partial charge in [0.15, 0.2) is 11.2 Å². The van der Waals surface area contributed by atoms with Gasteiger partial charge in [0.05, 0.1) is 31.1 Å². The molecule has 0 aliphatic heterocycles. The van der Waals surface area contributed by atoms with E-state index in [9.17, 15) is 14.7 Å². The maximum atomic E-state index is 12.5. The van der Waals surface area contributed by atoms with Crippen molar-refractivity contribution in [2.45, 2.75) is 39.5 Å². The van der Waals surface area contributed by atoms with Crippen LogP contribution in [0, 0.1) is 0 Å². The first-order valence-corrected chi connectivity index (χ1v) is 10.1. The number of anilines is 1. The minimum atomic E-state index is -0.904. The van der Waals surface area contributed by atoms with Crippen LogP contribution in [0.4, 0.5) is 5.95 Å². The molecule has 0 saturated carbocycles. The Morgan fingerprint density at radius 1 is 1.32 bits per heavy atom. The smallest absolute Gasteiger partial charge is 0.329 e. The molecule has 0 fully saturated rings. The second-order valence-corrected chi connectivity index (χ2v) is 7.82. The number of imidazole rings is 1. The van der Waals surface area contributed by atoms with Crippen molar-refractivity contribution < 1.29 is 9.84 Å². The van der Waals surface area contributed by atoms with Crippen LogP contribution in [0.25, 0.3) is 11.2 Å². The summed E-state index contributed by atoms with van der Waals surface area (Å²) in [6.07, 6.45) is -0.957. The van der Waals surface area contributed by atoms with E-state index < -0.39 is 17.4 Å². The fourth-order valence-corrected chi connectivity index (χ4v) is 3.08. The minimum absolute atomic E-state index is 0.0162. The summed E-state index contributed by atoms with van der Waals surface area (Å²) in [7, 11) is 1.50. The summed E-state index contributed by atoms with van der Waals surface area (Å²) in [5, 5.41) is 15.4. The Morgan fingerprint density at radius 3 is 2.65 bits per heavy atom. The molecule has 2 heterocycles. The molecule has 0 bridgehead atoms. The van der Waals surface area contributed by atoms with E-state index in [1.807, 2.05) is 26.0 Å². The number of H-pyrrole nitrogens is 1. The molecule has 0 radical (unpaired) electrons. The van der Waals surface area contributed by atoms with Gasteiger partial charge in [-0.25, -0.2) is 10.2 Å². The highest BCUT2D eigenvalue weighted by atomic mass is 35.5. The van der Waals surface area contributed by atoms with Gasteiger partial charge < -0.3 is 14.4 Å². The van der Waals surface area contributed by atoms with Crippen LogP contribution in [0.5, 0.6) is 0 Å². The number of fused-ring (bicyclic) bond motifs is 1. The van der Waals surface area contributed by atoms with Crippen molar-refractivity contribution in [1.82, 2.24) is 19.1 Å². The molecule has 3 aromatic rings. The van der Waals surface area contributed by atoms with Crippen molar-refractivity contribution in [3.05, 3.63) is 55.7 Å². The predicted molar refractivity (Wildman–Crippen MR) is 120 cm³/mol. The Kier molecular flexibility index (Phi) is 6.94. The van der Waals surface area contributed by atoms with Gasteiger partial charge in [-0.3, -0.25) is 14.3 Å². The average Bonchev–Trinajstić information content (AvgIpc) is 3.08. The van der Waals surface area contributed by atoms with E-state index in [0.717, 1.165) is 5.56 Å². The van der Waals surface area contributed by atoms with Crippen molar-refractivity contribution in [2.75, 3.05) is 12.0 Å². The number of aliphatic hydroxyl groups excluding tert-OH is 1. The lowest BCUT2D eigenvalue weighted by Crippen LogP contribution is -2.30. The van der Waals surface area contributed by atoms with Crippen molar-refractivity contribution in [3.63, 3.8) is 0 Å². The van der Waals surface area contributed by atoms with E-state index in [0.29, 0.717) is 10.7 Å². The molecule has 2 aromatic heterocycles. The molecule has 0 unspecified atom stereocenters. The molecule has 1 aromatic carbocycles. The monoisotopic (exact) mass is 448 g/mol. The molecular weight excluding hydrogens is 424 g/mol. The number of aryl methyl sites for hydroxylation is 1. The second-order valence-electron chi connectivity index (χ2n) is 7.39. The average molecular weight is 449 g/mol. The summed E-state index contributed by atoms with van der Waals surface area (Å²) in [4.78, 5) is 31.1. The van der Waals surface area contributed by atoms with Gasteiger partial charge in [-0.1, -0.05) is 23.7 Å². The number of aromatic amines is 1. The molecule has 0 spiro atoms. The fraction of sp³-hybridized carbons (Fsp3) is 0.400. The first kappa shape index (κ1) is 22.7. The van der Waals surface area contributed by atoms with Crippen LogP contribution < -0.4 is 16.7 Å². The molecule has 11 heteroatoms. The van der Waals surface area contributed by atoms with Gasteiger partial charge in [-0.15, -0.1) is 0 Å². The van der Waals surface area contributed by atoms with E-state index in [2.05, 4.69) is 20.5 Å². The molecule has 0 saturated heterocycles. The number of ether oxygens (including phenoxy) is 1. The molecule has 3 N–H and O–H groups in total. The minimum Gasteiger partial charge on any atom is -0.389 e. The van der Waals surface area contributed by atoms with Crippen LogP contribution in [0.2, 0.25) is 5.02 Å². The number of aliphatic hydroxyl groups is 1. The van der Waals surface area contributed by atoms with Gasteiger partial charge in [0.2, 0.25) is 5.95 Å². The number of nitrogens with zero attached hydrogens (tertiary/aromatic N) is 4. The Bertz CT molecular complexity index is 1210. The highest BCUT2D eigenvalue weighted by Gasteiger charge is 2.20. The largest absolute Gasteiger partial charge is 0.389 e. The van der Waals surface area contributed by atoms with Crippen LogP contribution in [-0.4, -0.2) is 48.7 Å². The van der Waals surface area contributed by atoms with Gasteiger partial charge >= 0.3 is 5.69 Å². The van der Waals surface area contributed by atoms with E-state index >= 15 is 0 Å². The lowest BCUT2D eigenvalue weighted by atomic mass is 10.1. The highest BCUT2D eigenvalue weighted by molar-refractivity contribution is 6.30. The van der Waals surface area contributed by atoms with Crippen molar-refractivity contribution in [2.24, 2.45) is 12.1 Å². The molecule has 31 heavy (non-hydrogen) atoms. The van der Waals surface area contributed by atoms with E-state index in [4.69, 9.17) is 16.3 Å². The quantitative estimate of drug-likeness (QED) is 0.355. The third-order valence-electron chi connectivity index (χ3n) is 4.61. The van der Waals surface area contributed by atoms with Gasteiger partial charge in [0.1, 0.15) is 0 Å². The Hall–Kier alpha value is -2.95. The number of hydrogen-bond donors (Lipinski definition) is 3. The van der Waals surface area contributed by atoms with Gasteiger partial charge in [-0.05, 0) is 38.5 Å². The van der Waals surface area contributed by atoms with Gasteiger partial charge in [0.25, 0.3) is 5.56 Å². The number of hydrazone groups is 1. The van der Waals surface area contributed by atoms with Crippen molar-refractivity contribution in [3.8, 4) is 0 Å². The zero-order valence-corrected chi connectivity index (χ0v) is 18.5. The first-order chi connectivity index (χ1) is 14.7. The summed E-state index contributed by atoms with van der Waals surface area (Å²) in [5.41, 5.74) is 3.48. The third kappa shape index (κ3) is 5.22. The second kappa shape index (κ2) is 9.46. The summed E-state index contributed by atoms with van der Waals surface area (Å²) >= 11 is 5.93. The van der Waals surface area contributed by atoms with Gasteiger partial charge in [-0.2, -0.15) is 10.1 Å². The molecule has 0 aliphatic rings. The Morgan fingerprint density at radius 2 is 2.00 bits per heavy atom. The van der Waals surface area contributed by atoms with Crippen molar-refractivity contribution in [1.29, 1.82) is 0 Å². The predicted octanol–water partition coefficient (Wildman–Crippen LogP) is 1.70. The molecule has 10 nitrogen and oxygen atoms in total. The molecular formula is C20H25ClN6O4. The summed E-state index contributed by atoms with van der Waals surface area (Å²) < 4.78 is 8.17. The van der Waals surface area contributed by atoms with Crippen LogP contribution >= 0.6 is 11.6 Å². The summed E-state index contributed by atoms with van der Waals surface area (Å²) in [6, 6.07) is 7.16. The zero-order valence-electron chi connectivity index (χ0n) is 17.7. The summed E-state index contributed by atoms with van der Waals surface area (Å²) in [6.45, 7) is 5.62. The molecule has 0 amide bonds. The summed E-state index contributed by atoms with van der Waals surface area (Å²) in [5.74, 6) is 0.207. The fourth-order valence-electron chi connectivity index (χ4n) is 2.95. The molecule has 1 atom stereocenters.